The van der Waals surface area contributed by atoms with Crippen LogP contribution in [0.2, 0.25) is 0 Å². The molecule has 3 heterocycles. The van der Waals surface area contributed by atoms with Gasteiger partial charge in [-0.3, -0.25) is 0 Å². The standard InChI is InChI=1S/C40H42O17/c41-15-28-31(47)33(49)35(51)39(55-28)53-23-5-2-17(3-6-23)1-4-18-9-22(45)13-26-30(38(57-37(18)26)19-10-20(43)12-21(44)11-19)25-8-7-24(14-27(25)46)54-40-36(52)34(50)32(48)29(16-42)56-40/h1-14,28-36,38-52H,15-16H2/t28-,29-,30-,31-,32-,33+,34+,35-,36-,38+,39-,40-/m1/s1. The van der Waals surface area contributed by atoms with E-state index < -0.39 is 86.6 Å². The SMILES string of the molecule is OC[C@H]1O[C@@H](Oc2ccc(C=Cc3cc(O)cc4c3O[C@@H](c3cc(O)cc(O)c3)[C@@H]4c3ccc(O[C@@H]4O[C@H](CO)[C@@H](O)[C@H](O)[C@H]4O)cc3O)cc2)[C@H](O)[C@@H](O)[C@@H]1O. The number of hydrogen-bond acceptors (Lipinski definition) is 17. The van der Waals surface area contributed by atoms with Crippen molar-refractivity contribution in [1.29, 1.82) is 0 Å². The van der Waals surface area contributed by atoms with E-state index in [1.54, 1.807) is 36.4 Å². The van der Waals surface area contributed by atoms with Gasteiger partial charge in [-0.15, -0.1) is 0 Å². The van der Waals surface area contributed by atoms with E-state index in [0.717, 1.165) is 6.07 Å². The molecule has 17 heteroatoms. The zero-order chi connectivity index (χ0) is 40.7. The quantitative estimate of drug-likeness (QED) is 0.0962. The third-order valence-corrected chi connectivity index (χ3v) is 10.1. The minimum atomic E-state index is -1.69. The van der Waals surface area contributed by atoms with Crippen LogP contribution in [0.15, 0.2) is 72.8 Å². The Balaban J connectivity index is 1.17. The molecule has 0 saturated carbocycles. The lowest BCUT2D eigenvalue weighted by Gasteiger charge is -2.39. The number of hydrogen-bond donors (Lipinski definition) is 12. The van der Waals surface area contributed by atoms with E-state index >= 15 is 0 Å². The molecule has 2 saturated heterocycles. The molecule has 17 nitrogen and oxygen atoms in total. The minimum Gasteiger partial charge on any atom is -0.508 e. The topological polar surface area (TPSA) is 289 Å². The summed E-state index contributed by atoms with van der Waals surface area (Å²) < 4.78 is 28.7. The maximum Gasteiger partial charge on any atom is 0.229 e. The molecule has 7 rings (SSSR count). The number of aromatic hydroxyl groups is 4. The second-order valence-electron chi connectivity index (χ2n) is 14.0. The van der Waals surface area contributed by atoms with Crippen LogP contribution in [-0.4, -0.2) is 136 Å². The monoisotopic (exact) mass is 794 g/mol. The van der Waals surface area contributed by atoms with E-state index in [2.05, 4.69) is 0 Å². The molecule has 4 aromatic carbocycles. The number of aliphatic hydroxyl groups is 8. The maximum absolute atomic E-state index is 11.4. The van der Waals surface area contributed by atoms with E-state index in [4.69, 9.17) is 23.7 Å². The van der Waals surface area contributed by atoms with Crippen LogP contribution in [0.4, 0.5) is 0 Å². The smallest absolute Gasteiger partial charge is 0.229 e. The van der Waals surface area contributed by atoms with Gasteiger partial charge in [0.2, 0.25) is 12.6 Å². The van der Waals surface area contributed by atoms with Crippen LogP contribution in [0, 0.1) is 0 Å². The molecule has 0 aliphatic carbocycles. The second kappa shape index (κ2) is 16.4. The van der Waals surface area contributed by atoms with E-state index in [9.17, 15) is 61.3 Å². The van der Waals surface area contributed by atoms with Crippen LogP contribution in [0.3, 0.4) is 0 Å². The average molecular weight is 795 g/mol. The van der Waals surface area contributed by atoms with Crippen LogP contribution < -0.4 is 14.2 Å². The van der Waals surface area contributed by atoms with E-state index in [1.165, 1.54) is 42.5 Å². The molecular formula is C40H42O17. The summed E-state index contributed by atoms with van der Waals surface area (Å²) in [5, 5.41) is 123. The first-order valence-electron chi connectivity index (χ1n) is 17.9. The molecule has 57 heavy (non-hydrogen) atoms. The highest BCUT2D eigenvalue weighted by molar-refractivity contribution is 5.76. The molecule has 4 aromatic rings. The Morgan fingerprint density at radius 2 is 1.09 bits per heavy atom. The summed E-state index contributed by atoms with van der Waals surface area (Å²) in [6.07, 6.45) is -12.5. The fraction of sp³-hybridized carbons (Fsp3) is 0.350. The minimum absolute atomic E-state index is 0.00425. The predicted octanol–water partition coefficient (Wildman–Crippen LogP) is 0.302. The van der Waals surface area contributed by atoms with E-state index in [1.807, 2.05) is 0 Å². The first-order chi connectivity index (χ1) is 27.3. The van der Waals surface area contributed by atoms with Gasteiger partial charge in [-0.1, -0.05) is 30.4 Å². The van der Waals surface area contributed by atoms with Crippen molar-refractivity contribution < 1.29 is 85.0 Å². The zero-order valence-electron chi connectivity index (χ0n) is 29.8. The van der Waals surface area contributed by atoms with E-state index in [0.29, 0.717) is 28.0 Å². The molecule has 0 spiro atoms. The number of phenols is 4. The first-order valence-corrected chi connectivity index (χ1v) is 17.9. The van der Waals surface area contributed by atoms with Crippen LogP contribution in [0.5, 0.6) is 40.2 Å². The largest absolute Gasteiger partial charge is 0.508 e. The molecule has 12 atom stereocenters. The van der Waals surface area contributed by atoms with Gasteiger partial charge in [0.25, 0.3) is 0 Å². The third-order valence-electron chi connectivity index (χ3n) is 10.1. The third kappa shape index (κ3) is 8.03. The fourth-order valence-corrected chi connectivity index (χ4v) is 7.18. The number of ether oxygens (including phenoxy) is 5. The van der Waals surface area contributed by atoms with Crippen LogP contribution in [0.25, 0.3) is 12.2 Å². The summed E-state index contributed by atoms with van der Waals surface area (Å²) in [4.78, 5) is 0. The molecule has 304 valence electrons. The van der Waals surface area contributed by atoms with Crippen molar-refractivity contribution in [3.63, 3.8) is 0 Å². The van der Waals surface area contributed by atoms with Crippen molar-refractivity contribution in [2.75, 3.05) is 13.2 Å². The number of aliphatic hydroxyl groups excluding tert-OH is 8. The van der Waals surface area contributed by atoms with Crippen LogP contribution in [-0.2, 0) is 9.47 Å². The zero-order valence-corrected chi connectivity index (χ0v) is 29.8. The molecule has 0 bridgehead atoms. The van der Waals surface area contributed by atoms with Crippen molar-refractivity contribution in [1.82, 2.24) is 0 Å². The van der Waals surface area contributed by atoms with Gasteiger partial charge in [0.1, 0.15) is 95.2 Å². The van der Waals surface area contributed by atoms with Crippen molar-refractivity contribution in [3.05, 3.63) is 101 Å². The van der Waals surface area contributed by atoms with Crippen molar-refractivity contribution in [2.24, 2.45) is 0 Å². The molecule has 0 unspecified atom stereocenters. The van der Waals surface area contributed by atoms with E-state index in [-0.39, 0.29) is 40.1 Å². The highest BCUT2D eigenvalue weighted by atomic mass is 16.7. The number of rotatable bonds is 10. The van der Waals surface area contributed by atoms with Gasteiger partial charge in [-0.25, -0.2) is 0 Å². The van der Waals surface area contributed by atoms with Crippen molar-refractivity contribution in [2.45, 2.75) is 73.4 Å². The first kappa shape index (κ1) is 40.0. The Labute approximate surface area is 324 Å². The Kier molecular flexibility index (Phi) is 11.5. The Bertz CT molecular complexity index is 2050. The lowest BCUT2D eigenvalue weighted by Crippen LogP contribution is -2.60. The van der Waals surface area contributed by atoms with Crippen molar-refractivity contribution in [3.8, 4) is 40.2 Å². The summed E-state index contributed by atoms with van der Waals surface area (Å²) in [6.45, 7) is -1.27. The van der Waals surface area contributed by atoms with Crippen LogP contribution in [0.1, 0.15) is 39.8 Å². The molecule has 2 fully saturated rings. The number of benzene rings is 4. The molecule has 12 N–H and O–H groups in total. The van der Waals surface area contributed by atoms with Gasteiger partial charge in [-0.2, -0.15) is 0 Å². The molecular weight excluding hydrogens is 752 g/mol. The van der Waals surface area contributed by atoms with Crippen LogP contribution >= 0.6 is 0 Å². The fourth-order valence-electron chi connectivity index (χ4n) is 7.18. The summed E-state index contributed by atoms with van der Waals surface area (Å²) in [5.74, 6) is -1.26. The normalized spacial score (nSPS) is 31.2. The van der Waals surface area contributed by atoms with Gasteiger partial charge in [0, 0.05) is 34.4 Å². The Hall–Kier alpha value is -5.18. The van der Waals surface area contributed by atoms with Gasteiger partial charge in [0.05, 0.1) is 19.1 Å². The van der Waals surface area contributed by atoms with Gasteiger partial charge in [-0.05, 0) is 48.0 Å². The molecule has 0 aromatic heterocycles. The molecule has 3 aliphatic rings. The van der Waals surface area contributed by atoms with Crippen molar-refractivity contribution >= 4 is 12.2 Å². The summed E-state index contributed by atoms with van der Waals surface area (Å²) in [6, 6.07) is 17.5. The highest BCUT2D eigenvalue weighted by Crippen LogP contribution is 2.55. The number of fused-ring (bicyclic) bond motifs is 1. The molecule has 0 radical (unpaired) electrons. The predicted molar refractivity (Wildman–Crippen MR) is 195 cm³/mol. The summed E-state index contributed by atoms with van der Waals surface area (Å²) >= 11 is 0. The maximum atomic E-state index is 11.4. The lowest BCUT2D eigenvalue weighted by molar-refractivity contribution is -0.277. The summed E-state index contributed by atoms with van der Waals surface area (Å²) in [5.41, 5.74) is 2.12. The summed E-state index contributed by atoms with van der Waals surface area (Å²) in [7, 11) is 0. The lowest BCUT2D eigenvalue weighted by atomic mass is 9.84. The second-order valence-corrected chi connectivity index (χ2v) is 14.0. The molecule has 0 amide bonds. The molecule has 3 aliphatic heterocycles. The highest BCUT2D eigenvalue weighted by Gasteiger charge is 2.46. The van der Waals surface area contributed by atoms with Gasteiger partial charge in [0.15, 0.2) is 0 Å². The Morgan fingerprint density at radius 1 is 0.544 bits per heavy atom. The van der Waals surface area contributed by atoms with Gasteiger partial charge >= 0.3 is 0 Å². The Morgan fingerprint density at radius 3 is 1.65 bits per heavy atom. The average Bonchev–Trinajstić information content (AvgIpc) is 3.56. The van der Waals surface area contributed by atoms with Gasteiger partial charge < -0.3 is 85.0 Å². The number of phenolic OH excluding ortho intramolecular Hbond substituents is 4.